The molecule has 0 saturated heterocycles. The third-order valence-corrected chi connectivity index (χ3v) is 6.43. The van der Waals surface area contributed by atoms with Crippen LogP contribution < -0.4 is 10.9 Å². The SMILES string of the molecule is Cc1cccc(C)c1-n1c(SCC(=O)Nc2ccc([N+](=O)[O-])cc2Cl)nc2ccccc2c1=O. The molecular formula is C24H19ClN4O4S. The van der Waals surface area contributed by atoms with Crippen molar-refractivity contribution in [3.05, 3.63) is 97.3 Å². The van der Waals surface area contributed by atoms with E-state index in [1.807, 2.05) is 32.0 Å². The smallest absolute Gasteiger partial charge is 0.271 e. The van der Waals surface area contributed by atoms with Crippen molar-refractivity contribution in [2.75, 3.05) is 11.1 Å². The summed E-state index contributed by atoms with van der Waals surface area (Å²) in [7, 11) is 0. The number of nitro benzene ring substituents is 1. The first-order chi connectivity index (χ1) is 16.3. The molecule has 4 aromatic rings. The predicted molar refractivity (Wildman–Crippen MR) is 134 cm³/mol. The molecular weight excluding hydrogens is 476 g/mol. The second-order valence-electron chi connectivity index (χ2n) is 7.55. The summed E-state index contributed by atoms with van der Waals surface area (Å²) in [5.41, 5.74) is 2.95. The maximum absolute atomic E-state index is 13.5. The van der Waals surface area contributed by atoms with Crippen LogP contribution in [0, 0.1) is 24.0 Å². The second kappa shape index (κ2) is 9.66. The Balaban J connectivity index is 1.67. The van der Waals surface area contributed by atoms with Crippen LogP contribution in [-0.4, -0.2) is 26.1 Å². The minimum absolute atomic E-state index is 0.0526. The number of non-ortho nitro benzene ring substituents is 1. The Morgan fingerprint density at radius 3 is 2.50 bits per heavy atom. The number of nitro groups is 1. The molecule has 10 heteroatoms. The Morgan fingerprint density at radius 2 is 1.82 bits per heavy atom. The molecule has 0 fully saturated rings. The number of benzene rings is 3. The van der Waals surface area contributed by atoms with E-state index in [0.29, 0.717) is 16.1 Å². The van der Waals surface area contributed by atoms with Crippen molar-refractivity contribution < 1.29 is 9.72 Å². The van der Waals surface area contributed by atoms with E-state index in [1.165, 1.54) is 18.2 Å². The normalized spacial score (nSPS) is 10.9. The summed E-state index contributed by atoms with van der Waals surface area (Å²) >= 11 is 7.20. The molecule has 34 heavy (non-hydrogen) atoms. The third-order valence-electron chi connectivity index (χ3n) is 5.18. The molecule has 8 nitrogen and oxygen atoms in total. The molecule has 0 bridgehead atoms. The summed E-state index contributed by atoms with van der Waals surface area (Å²) in [4.78, 5) is 41.1. The third kappa shape index (κ3) is 4.66. The van der Waals surface area contributed by atoms with Crippen LogP contribution in [0.3, 0.4) is 0 Å². The number of amides is 1. The number of hydrogen-bond donors (Lipinski definition) is 1. The number of fused-ring (bicyclic) bond motifs is 1. The van der Waals surface area contributed by atoms with E-state index in [1.54, 1.807) is 28.8 Å². The van der Waals surface area contributed by atoms with Gasteiger partial charge in [0.25, 0.3) is 11.2 Å². The van der Waals surface area contributed by atoms with Crippen molar-refractivity contribution in [1.82, 2.24) is 9.55 Å². The molecule has 1 N–H and O–H groups in total. The number of rotatable bonds is 6. The highest BCUT2D eigenvalue weighted by Crippen LogP contribution is 2.28. The van der Waals surface area contributed by atoms with Crippen LogP contribution in [0.5, 0.6) is 0 Å². The molecule has 1 amide bonds. The summed E-state index contributed by atoms with van der Waals surface area (Å²) in [6.07, 6.45) is 0. The summed E-state index contributed by atoms with van der Waals surface area (Å²) in [5, 5.41) is 14.5. The van der Waals surface area contributed by atoms with Crippen LogP contribution in [0.25, 0.3) is 16.6 Å². The Bertz CT molecular complexity index is 1480. The first-order valence-corrected chi connectivity index (χ1v) is 11.6. The van der Waals surface area contributed by atoms with E-state index in [-0.39, 0.29) is 27.7 Å². The molecule has 4 rings (SSSR count). The number of carbonyl (C=O) groups excluding carboxylic acids is 1. The fraction of sp³-hybridized carbons (Fsp3) is 0.125. The van der Waals surface area contributed by atoms with E-state index >= 15 is 0 Å². The van der Waals surface area contributed by atoms with E-state index in [4.69, 9.17) is 11.6 Å². The average molecular weight is 495 g/mol. The number of carbonyl (C=O) groups is 1. The minimum atomic E-state index is -0.564. The van der Waals surface area contributed by atoms with Crippen molar-refractivity contribution in [2.45, 2.75) is 19.0 Å². The molecule has 0 aliphatic heterocycles. The molecule has 3 aromatic carbocycles. The Morgan fingerprint density at radius 1 is 1.12 bits per heavy atom. The van der Waals surface area contributed by atoms with Crippen LogP contribution in [0.4, 0.5) is 11.4 Å². The molecule has 0 radical (unpaired) electrons. The van der Waals surface area contributed by atoms with Crippen molar-refractivity contribution in [3.63, 3.8) is 0 Å². The van der Waals surface area contributed by atoms with Gasteiger partial charge in [-0.15, -0.1) is 0 Å². The Labute approximate surface area is 203 Å². The van der Waals surface area contributed by atoms with Gasteiger partial charge in [0, 0.05) is 12.1 Å². The van der Waals surface area contributed by atoms with Gasteiger partial charge in [0.2, 0.25) is 5.91 Å². The lowest BCUT2D eigenvalue weighted by atomic mass is 10.1. The molecule has 0 aliphatic carbocycles. The topological polar surface area (TPSA) is 107 Å². The molecule has 1 heterocycles. The quantitative estimate of drug-likeness (QED) is 0.169. The van der Waals surface area contributed by atoms with Crippen molar-refractivity contribution in [1.29, 1.82) is 0 Å². The van der Waals surface area contributed by atoms with Gasteiger partial charge >= 0.3 is 0 Å². The van der Waals surface area contributed by atoms with Gasteiger partial charge in [-0.25, -0.2) is 4.98 Å². The first kappa shape index (κ1) is 23.5. The number of para-hydroxylation sites is 2. The van der Waals surface area contributed by atoms with E-state index in [0.717, 1.165) is 28.6 Å². The lowest BCUT2D eigenvalue weighted by molar-refractivity contribution is -0.384. The van der Waals surface area contributed by atoms with Crippen LogP contribution in [-0.2, 0) is 4.79 Å². The Hall–Kier alpha value is -3.69. The van der Waals surface area contributed by atoms with Crippen LogP contribution in [0.15, 0.2) is 70.6 Å². The van der Waals surface area contributed by atoms with Crippen molar-refractivity contribution in [2.24, 2.45) is 0 Å². The van der Waals surface area contributed by atoms with Gasteiger partial charge in [-0.1, -0.05) is 53.7 Å². The maximum Gasteiger partial charge on any atom is 0.271 e. The van der Waals surface area contributed by atoms with Gasteiger partial charge in [-0.3, -0.25) is 24.3 Å². The minimum Gasteiger partial charge on any atom is -0.324 e. The maximum atomic E-state index is 13.5. The highest BCUT2D eigenvalue weighted by molar-refractivity contribution is 7.99. The number of anilines is 1. The average Bonchev–Trinajstić information content (AvgIpc) is 2.80. The van der Waals surface area contributed by atoms with Crippen molar-refractivity contribution in [3.8, 4) is 5.69 Å². The van der Waals surface area contributed by atoms with E-state index in [9.17, 15) is 19.7 Å². The van der Waals surface area contributed by atoms with Crippen LogP contribution in [0.1, 0.15) is 11.1 Å². The number of aromatic nitrogens is 2. The summed E-state index contributed by atoms with van der Waals surface area (Å²) in [6, 6.07) is 16.6. The summed E-state index contributed by atoms with van der Waals surface area (Å²) in [6.45, 7) is 3.84. The zero-order valence-corrected chi connectivity index (χ0v) is 19.8. The lowest BCUT2D eigenvalue weighted by Gasteiger charge is -2.17. The molecule has 0 saturated carbocycles. The summed E-state index contributed by atoms with van der Waals surface area (Å²) in [5.74, 6) is -0.445. The molecule has 0 aliphatic rings. The molecule has 1 aromatic heterocycles. The van der Waals surface area contributed by atoms with Crippen LogP contribution in [0.2, 0.25) is 5.02 Å². The second-order valence-corrected chi connectivity index (χ2v) is 8.90. The zero-order chi connectivity index (χ0) is 24.4. The number of hydrogen-bond acceptors (Lipinski definition) is 6. The highest BCUT2D eigenvalue weighted by atomic mass is 35.5. The zero-order valence-electron chi connectivity index (χ0n) is 18.2. The molecule has 172 valence electrons. The van der Waals surface area contributed by atoms with E-state index in [2.05, 4.69) is 10.3 Å². The van der Waals surface area contributed by atoms with Gasteiger partial charge in [-0.2, -0.15) is 0 Å². The highest BCUT2D eigenvalue weighted by Gasteiger charge is 2.18. The number of nitrogens with one attached hydrogen (secondary N) is 1. The molecule has 0 unspecified atom stereocenters. The number of aryl methyl sites for hydroxylation is 2. The van der Waals surface area contributed by atoms with E-state index < -0.39 is 10.8 Å². The Kier molecular flexibility index (Phi) is 6.67. The first-order valence-electron chi connectivity index (χ1n) is 10.2. The number of halogens is 1. The van der Waals surface area contributed by atoms with Crippen LogP contribution >= 0.6 is 23.4 Å². The number of nitrogens with zero attached hydrogens (tertiary/aromatic N) is 3. The number of thioether (sulfide) groups is 1. The molecule has 0 atom stereocenters. The van der Waals surface area contributed by atoms with Crippen molar-refractivity contribution >= 4 is 51.5 Å². The van der Waals surface area contributed by atoms with Gasteiger partial charge < -0.3 is 5.32 Å². The summed E-state index contributed by atoms with van der Waals surface area (Å²) < 4.78 is 1.55. The van der Waals surface area contributed by atoms with Gasteiger partial charge in [0.15, 0.2) is 5.16 Å². The lowest BCUT2D eigenvalue weighted by Crippen LogP contribution is -2.24. The monoisotopic (exact) mass is 494 g/mol. The van der Waals surface area contributed by atoms with Gasteiger partial charge in [0.1, 0.15) is 0 Å². The fourth-order valence-electron chi connectivity index (χ4n) is 3.60. The van der Waals surface area contributed by atoms with Gasteiger partial charge in [-0.05, 0) is 43.2 Å². The largest absolute Gasteiger partial charge is 0.324 e. The predicted octanol–water partition coefficient (Wildman–Crippen LogP) is 5.29. The molecule has 0 spiro atoms. The fourth-order valence-corrected chi connectivity index (χ4v) is 4.62. The van der Waals surface area contributed by atoms with Gasteiger partial charge in [0.05, 0.1) is 38.0 Å². The standard InChI is InChI=1S/C24H19ClN4O4S/c1-14-6-5-7-15(2)22(14)28-23(31)17-8-3-4-9-19(17)27-24(28)34-13-21(30)26-20-11-10-16(29(32)33)12-18(20)25/h3-12H,13H2,1-2H3,(H,26,30).